The summed E-state index contributed by atoms with van der Waals surface area (Å²) in [6, 6.07) is 8.72. The molecule has 30 heavy (non-hydrogen) atoms. The number of guanidine groups is 1. The summed E-state index contributed by atoms with van der Waals surface area (Å²) in [7, 11) is -3.26. The lowest BCUT2D eigenvalue weighted by atomic mass is 10.0. The SMILES string of the molecule is CCNC(=NCc1ccc(S(C)(=O)=O)c(C)c1)NCC(C)c1ccc(F)cc1F.I. The third-order valence-corrected chi connectivity index (χ3v) is 5.73. The van der Waals surface area contributed by atoms with Crippen molar-refractivity contribution in [2.45, 2.75) is 38.1 Å². The maximum absolute atomic E-state index is 13.9. The van der Waals surface area contributed by atoms with Crippen molar-refractivity contribution in [1.29, 1.82) is 0 Å². The van der Waals surface area contributed by atoms with Gasteiger partial charge in [0.1, 0.15) is 11.6 Å². The lowest BCUT2D eigenvalue weighted by Gasteiger charge is -2.17. The van der Waals surface area contributed by atoms with E-state index < -0.39 is 21.5 Å². The number of benzene rings is 2. The fraction of sp³-hybridized carbons (Fsp3) is 0.381. The molecular weight excluding hydrogens is 523 g/mol. The highest BCUT2D eigenvalue weighted by Gasteiger charge is 2.13. The van der Waals surface area contributed by atoms with Crippen LogP contribution in [0.2, 0.25) is 0 Å². The zero-order chi connectivity index (χ0) is 21.6. The van der Waals surface area contributed by atoms with Gasteiger partial charge in [-0.3, -0.25) is 0 Å². The first kappa shape index (κ1) is 26.3. The van der Waals surface area contributed by atoms with Gasteiger partial charge in [0.05, 0.1) is 11.4 Å². The quantitative estimate of drug-likeness (QED) is 0.308. The van der Waals surface area contributed by atoms with Gasteiger partial charge in [-0.2, -0.15) is 0 Å². The molecule has 2 aromatic carbocycles. The first-order valence-electron chi connectivity index (χ1n) is 9.38. The molecule has 2 rings (SSSR count). The fourth-order valence-corrected chi connectivity index (χ4v) is 3.96. The number of rotatable bonds is 7. The Hall–Kier alpha value is -1.75. The van der Waals surface area contributed by atoms with E-state index in [-0.39, 0.29) is 29.9 Å². The number of nitrogens with zero attached hydrogens (tertiary/aromatic N) is 1. The van der Waals surface area contributed by atoms with E-state index >= 15 is 0 Å². The van der Waals surface area contributed by atoms with Crippen LogP contribution in [0.3, 0.4) is 0 Å². The fourth-order valence-electron chi connectivity index (χ4n) is 3.00. The van der Waals surface area contributed by atoms with Crippen molar-refractivity contribution >= 4 is 39.8 Å². The molecule has 1 atom stereocenters. The van der Waals surface area contributed by atoms with Gasteiger partial charge in [-0.1, -0.05) is 25.1 Å². The first-order valence-corrected chi connectivity index (χ1v) is 11.3. The highest BCUT2D eigenvalue weighted by molar-refractivity contribution is 14.0. The smallest absolute Gasteiger partial charge is 0.191 e. The molecule has 1 unspecified atom stereocenters. The van der Waals surface area contributed by atoms with Crippen LogP contribution in [0.5, 0.6) is 0 Å². The Labute approximate surface area is 194 Å². The number of nitrogens with one attached hydrogen (secondary N) is 2. The van der Waals surface area contributed by atoms with Gasteiger partial charge in [0.15, 0.2) is 15.8 Å². The molecule has 5 nitrogen and oxygen atoms in total. The number of sulfone groups is 1. The molecular formula is C21H28F2IN3O2S. The van der Waals surface area contributed by atoms with Gasteiger partial charge in [0.25, 0.3) is 0 Å². The molecule has 0 bridgehead atoms. The van der Waals surface area contributed by atoms with Crippen molar-refractivity contribution in [1.82, 2.24) is 10.6 Å². The van der Waals surface area contributed by atoms with Crippen LogP contribution >= 0.6 is 24.0 Å². The van der Waals surface area contributed by atoms with Gasteiger partial charge in [-0.15, -0.1) is 24.0 Å². The monoisotopic (exact) mass is 551 g/mol. The van der Waals surface area contributed by atoms with Crippen molar-refractivity contribution in [3.05, 3.63) is 64.7 Å². The largest absolute Gasteiger partial charge is 0.357 e. The molecule has 0 aromatic heterocycles. The predicted molar refractivity (Wildman–Crippen MR) is 127 cm³/mol. The molecule has 0 fully saturated rings. The molecule has 0 heterocycles. The van der Waals surface area contributed by atoms with Crippen molar-refractivity contribution in [3.8, 4) is 0 Å². The van der Waals surface area contributed by atoms with E-state index in [0.717, 1.165) is 11.6 Å². The molecule has 0 spiro atoms. The Morgan fingerprint density at radius 2 is 1.83 bits per heavy atom. The maximum atomic E-state index is 13.9. The van der Waals surface area contributed by atoms with Crippen LogP contribution in [0.15, 0.2) is 46.3 Å². The lowest BCUT2D eigenvalue weighted by molar-refractivity contribution is 0.556. The van der Waals surface area contributed by atoms with Crippen LogP contribution in [0, 0.1) is 18.6 Å². The Kier molecular flexibility index (Phi) is 10.2. The summed E-state index contributed by atoms with van der Waals surface area (Å²) in [6.45, 7) is 6.97. The van der Waals surface area contributed by atoms with Gasteiger partial charge in [0.2, 0.25) is 0 Å². The van der Waals surface area contributed by atoms with Gasteiger partial charge in [-0.05, 0) is 42.7 Å². The van der Waals surface area contributed by atoms with E-state index in [1.807, 2.05) is 13.8 Å². The minimum Gasteiger partial charge on any atom is -0.357 e. The molecule has 9 heteroatoms. The van der Waals surface area contributed by atoms with Crippen LogP contribution < -0.4 is 10.6 Å². The molecule has 0 amide bonds. The number of hydrogen-bond acceptors (Lipinski definition) is 3. The zero-order valence-electron chi connectivity index (χ0n) is 17.5. The van der Waals surface area contributed by atoms with Crippen molar-refractivity contribution in [2.75, 3.05) is 19.3 Å². The Morgan fingerprint density at radius 1 is 1.13 bits per heavy atom. The van der Waals surface area contributed by atoms with E-state index in [1.165, 1.54) is 18.4 Å². The van der Waals surface area contributed by atoms with E-state index in [9.17, 15) is 17.2 Å². The van der Waals surface area contributed by atoms with Crippen molar-refractivity contribution < 1.29 is 17.2 Å². The Balaban J connectivity index is 0.00000450. The summed E-state index contributed by atoms with van der Waals surface area (Å²) >= 11 is 0. The third-order valence-electron chi connectivity index (χ3n) is 4.47. The average Bonchev–Trinajstić information content (AvgIpc) is 2.62. The van der Waals surface area contributed by atoms with Crippen LogP contribution in [0.4, 0.5) is 8.78 Å². The van der Waals surface area contributed by atoms with Gasteiger partial charge in [-0.25, -0.2) is 22.2 Å². The minimum absolute atomic E-state index is 0. The highest BCUT2D eigenvalue weighted by Crippen LogP contribution is 2.19. The molecule has 0 saturated carbocycles. The molecule has 2 N–H and O–H groups in total. The van der Waals surface area contributed by atoms with Crippen molar-refractivity contribution in [3.63, 3.8) is 0 Å². The maximum Gasteiger partial charge on any atom is 0.191 e. The number of halogens is 3. The second-order valence-corrected chi connectivity index (χ2v) is 9.00. The van der Waals surface area contributed by atoms with Gasteiger partial charge >= 0.3 is 0 Å². The topological polar surface area (TPSA) is 70.6 Å². The summed E-state index contributed by atoms with van der Waals surface area (Å²) in [5.74, 6) is -0.788. The van der Waals surface area contributed by atoms with Crippen molar-refractivity contribution in [2.24, 2.45) is 4.99 Å². The average molecular weight is 551 g/mol. The predicted octanol–water partition coefficient (Wildman–Crippen LogP) is 4.15. The summed E-state index contributed by atoms with van der Waals surface area (Å²) in [5, 5.41) is 6.29. The normalized spacial score (nSPS) is 12.8. The first-order chi connectivity index (χ1) is 13.6. The standard InChI is InChI=1S/C21H27F2N3O2S.HI/c1-5-24-21(25-12-15(3)18-8-7-17(22)11-19(18)23)26-13-16-6-9-20(14(2)10-16)29(4,27)28;/h6-11,15H,5,12-13H2,1-4H3,(H2,24,25,26);1H. The summed E-state index contributed by atoms with van der Waals surface area (Å²) < 4.78 is 50.5. The molecule has 0 aliphatic carbocycles. The van der Waals surface area contributed by atoms with E-state index in [0.29, 0.717) is 41.6 Å². The number of aliphatic imine (C=N–C) groups is 1. The second kappa shape index (κ2) is 11.6. The Bertz CT molecular complexity index is 998. The van der Waals surface area contributed by atoms with E-state index in [2.05, 4.69) is 15.6 Å². The highest BCUT2D eigenvalue weighted by atomic mass is 127. The van der Waals surface area contributed by atoms with Gasteiger partial charge in [0, 0.05) is 31.3 Å². The van der Waals surface area contributed by atoms with Crippen LogP contribution in [0.1, 0.15) is 36.5 Å². The molecule has 0 aliphatic heterocycles. The third kappa shape index (κ3) is 7.50. The molecule has 2 aromatic rings. The van der Waals surface area contributed by atoms with Crippen LogP contribution in [-0.2, 0) is 16.4 Å². The zero-order valence-corrected chi connectivity index (χ0v) is 20.6. The summed E-state index contributed by atoms with van der Waals surface area (Å²) in [4.78, 5) is 4.82. The Morgan fingerprint density at radius 3 is 2.40 bits per heavy atom. The van der Waals surface area contributed by atoms with Crippen LogP contribution in [0.25, 0.3) is 0 Å². The molecule has 166 valence electrons. The molecule has 0 radical (unpaired) electrons. The summed E-state index contributed by atoms with van der Waals surface area (Å²) in [5.41, 5.74) is 1.99. The lowest BCUT2D eigenvalue weighted by Crippen LogP contribution is -2.39. The molecule has 0 aliphatic rings. The summed E-state index contributed by atoms with van der Waals surface area (Å²) in [6.07, 6.45) is 1.19. The second-order valence-electron chi connectivity index (χ2n) is 7.01. The van der Waals surface area contributed by atoms with Gasteiger partial charge < -0.3 is 10.6 Å². The number of aryl methyl sites for hydroxylation is 1. The van der Waals surface area contributed by atoms with Crippen LogP contribution in [-0.4, -0.2) is 33.7 Å². The minimum atomic E-state index is -3.26. The van der Waals surface area contributed by atoms with E-state index in [4.69, 9.17) is 0 Å². The number of hydrogen-bond donors (Lipinski definition) is 2. The van der Waals surface area contributed by atoms with E-state index in [1.54, 1.807) is 25.1 Å². The molecule has 0 saturated heterocycles.